The molecule has 0 saturated heterocycles. The molecule has 0 fully saturated rings. The lowest BCUT2D eigenvalue weighted by molar-refractivity contribution is -0.141. The van der Waals surface area contributed by atoms with Gasteiger partial charge in [0.15, 0.2) is 5.69 Å². The minimum Gasteiger partial charge on any atom is -0.402 e. The van der Waals surface area contributed by atoms with Gasteiger partial charge in [-0.1, -0.05) is 0 Å². The predicted octanol–water partition coefficient (Wildman–Crippen LogP) is 4.36. The van der Waals surface area contributed by atoms with E-state index in [2.05, 4.69) is 15.1 Å². The highest BCUT2D eigenvalue weighted by Crippen LogP contribution is 2.39. The molecule has 0 unspecified atom stereocenters. The molecule has 0 atom stereocenters. The lowest BCUT2D eigenvalue weighted by Gasteiger charge is -2.21. The highest BCUT2D eigenvalue weighted by atomic mass is 19.4. The fourth-order valence-corrected chi connectivity index (χ4v) is 4.33. The minimum absolute atomic E-state index is 0.0409. The zero-order valence-corrected chi connectivity index (χ0v) is 22.4. The van der Waals surface area contributed by atoms with E-state index >= 15 is 0 Å². The number of imidazole rings is 1. The maximum Gasteiger partial charge on any atom is 0.435 e. The fourth-order valence-electron chi connectivity index (χ4n) is 4.33. The van der Waals surface area contributed by atoms with Crippen LogP contribution in [0.2, 0.25) is 0 Å². The summed E-state index contributed by atoms with van der Waals surface area (Å²) in [6, 6.07) is 3.47. The zero-order chi connectivity index (χ0) is 28.0. The number of aliphatic imine (C=N–C) groups is 1. The number of allylic oxidation sites excluding steroid dienone is 1. The number of alkyl halides is 3. The number of carbonyl (C=O) groups excluding carboxylic acids is 1. The Morgan fingerprint density at radius 3 is 2.55 bits per heavy atom. The lowest BCUT2D eigenvalue weighted by Crippen LogP contribution is -2.26. The number of aryl methyl sites for hydroxylation is 2. The van der Waals surface area contributed by atoms with Crippen molar-refractivity contribution in [2.24, 2.45) is 10.7 Å². The first-order valence-electron chi connectivity index (χ1n) is 12.3. The first-order valence-corrected chi connectivity index (χ1v) is 12.3. The van der Waals surface area contributed by atoms with E-state index in [9.17, 15) is 18.0 Å². The molecule has 2 heterocycles. The number of hydrogen-bond donors (Lipinski definition) is 1. The van der Waals surface area contributed by atoms with E-state index in [0.717, 1.165) is 11.4 Å². The third-order valence-corrected chi connectivity index (χ3v) is 6.37. The van der Waals surface area contributed by atoms with Gasteiger partial charge in [-0.25, -0.2) is 4.98 Å². The highest BCUT2D eigenvalue weighted by Gasteiger charge is 2.38. The molecule has 8 nitrogen and oxygen atoms in total. The van der Waals surface area contributed by atoms with Crippen molar-refractivity contribution >= 4 is 12.5 Å². The van der Waals surface area contributed by atoms with Crippen LogP contribution in [0.5, 0.6) is 0 Å². The van der Waals surface area contributed by atoms with Crippen LogP contribution in [-0.4, -0.2) is 63.9 Å². The molecule has 0 aliphatic rings. The second kappa shape index (κ2) is 12.2. The number of aromatic nitrogens is 4. The van der Waals surface area contributed by atoms with Gasteiger partial charge >= 0.3 is 6.18 Å². The number of nitrogens with two attached hydrogens (primary N) is 1. The third-order valence-electron chi connectivity index (χ3n) is 6.37. The SMILES string of the molecule is CCn1cc(-c2cc(Cn3ccnc3C)cc(C=O)c2CCN(C)C/C(C=NC)=C(\C)N)c(C(F)(F)F)n1. The summed E-state index contributed by atoms with van der Waals surface area (Å²) < 4.78 is 45.3. The Morgan fingerprint density at radius 1 is 1.26 bits per heavy atom. The summed E-state index contributed by atoms with van der Waals surface area (Å²) in [4.78, 5) is 22.5. The molecule has 0 saturated carbocycles. The maximum absolute atomic E-state index is 14.1. The van der Waals surface area contributed by atoms with Gasteiger partial charge in [0.05, 0.1) is 0 Å². The van der Waals surface area contributed by atoms with Crippen LogP contribution in [0, 0.1) is 6.92 Å². The van der Waals surface area contributed by atoms with Crippen LogP contribution in [-0.2, 0) is 25.7 Å². The molecule has 3 aromatic rings. The molecule has 0 amide bonds. The van der Waals surface area contributed by atoms with E-state index in [1.54, 1.807) is 51.6 Å². The number of benzene rings is 1. The first-order chi connectivity index (χ1) is 18.0. The lowest BCUT2D eigenvalue weighted by atomic mass is 9.91. The van der Waals surface area contributed by atoms with E-state index in [4.69, 9.17) is 5.73 Å². The summed E-state index contributed by atoms with van der Waals surface area (Å²) >= 11 is 0. The molecule has 2 aromatic heterocycles. The Bertz CT molecular complexity index is 1330. The Balaban J connectivity index is 2.10. The van der Waals surface area contributed by atoms with Crippen molar-refractivity contribution in [1.82, 2.24) is 24.2 Å². The molecule has 3 rings (SSSR count). The van der Waals surface area contributed by atoms with Crippen LogP contribution in [0.3, 0.4) is 0 Å². The van der Waals surface area contributed by atoms with Gasteiger partial charge in [-0.15, -0.1) is 0 Å². The molecular formula is C27H34F3N7O. The summed E-state index contributed by atoms with van der Waals surface area (Å²) in [5, 5.41) is 3.81. The number of carbonyl (C=O) groups is 1. The van der Waals surface area contributed by atoms with Crippen molar-refractivity contribution < 1.29 is 18.0 Å². The number of likely N-dealkylation sites (N-methyl/N-ethyl adjacent to an activating group) is 1. The monoisotopic (exact) mass is 529 g/mol. The smallest absolute Gasteiger partial charge is 0.402 e. The summed E-state index contributed by atoms with van der Waals surface area (Å²) in [5.41, 5.74) is 8.38. The number of hydrogen-bond acceptors (Lipinski definition) is 6. The van der Waals surface area contributed by atoms with Crippen LogP contribution in [0.4, 0.5) is 13.2 Å². The van der Waals surface area contributed by atoms with Gasteiger partial charge in [0.25, 0.3) is 0 Å². The van der Waals surface area contributed by atoms with Crippen LogP contribution in [0.1, 0.15) is 46.9 Å². The van der Waals surface area contributed by atoms with Crippen molar-refractivity contribution in [2.75, 3.05) is 27.2 Å². The van der Waals surface area contributed by atoms with Crippen LogP contribution >= 0.6 is 0 Å². The topological polar surface area (TPSA) is 94.3 Å². The van der Waals surface area contributed by atoms with E-state index in [-0.39, 0.29) is 12.1 Å². The van der Waals surface area contributed by atoms with E-state index in [1.165, 1.54) is 10.9 Å². The van der Waals surface area contributed by atoms with Crippen LogP contribution in [0.25, 0.3) is 11.1 Å². The van der Waals surface area contributed by atoms with Gasteiger partial charge in [0, 0.05) is 80.4 Å². The maximum atomic E-state index is 14.1. The molecule has 0 aliphatic carbocycles. The van der Waals surface area contributed by atoms with Gasteiger partial charge in [0.2, 0.25) is 0 Å². The van der Waals surface area contributed by atoms with Gasteiger partial charge < -0.3 is 15.2 Å². The first kappa shape index (κ1) is 28.8. The van der Waals surface area contributed by atoms with Crippen molar-refractivity contribution in [3.63, 3.8) is 0 Å². The molecule has 0 radical (unpaired) electrons. The second-order valence-corrected chi connectivity index (χ2v) is 9.26. The minimum atomic E-state index is -4.65. The number of halogens is 3. The standard InChI is InChI=1S/C27H34F3N7O/c1-6-37-16-25(26(34-37)27(28,29)30)24-12-20(14-36-10-8-33-19(36)3)11-21(17-38)23(24)7-9-35(5)15-22(13-32-4)18(2)31/h8,10-13,16-17H,6-7,9,14-15,31H2,1-5H3/b22-18+,32-13?. The van der Waals surface area contributed by atoms with Gasteiger partial charge in [-0.05, 0) is 63.1 Å². The average molecular weight is 530 g/mol. The van der Waals surface area contributed by atoms with Gasteiger partial charge in [0.1, 0.15) is 12.1 Å². The largest absolute Gasteiger partial charge is 0.435 e. The van der Waals surface area contributed by atoms with Crippen molar-refractivity contribution in [1.29, 1.82) is 0 Å². The zero-order valence-electron chi connectivity index (χ0n) is 22.4. The highest BCUT2D eigenvalue weighted by molar-refractivity contribution is 5.84. The summed E-state index contributed by atoms with van der Waals surface area (Å²) in [5.74, 6) is 0.759. The molecule has 2 N–H and O–H groups in total. The molecule has 0 aliphatic heterocycles. The van der Waals surface area contributed by atoms with Gasteiger partial charge in [-0.2, -0.15) is 18.3 Å². The molecule has 1 aromatic carbocycles. The van der Waals surface area contributed by atoms with Crippen molar-refractivity contribution in [3.8, 4) is 11.1 Å². The number of aldehydes is 1. The Kier molecular flexibility index (Phi) is 9.26. The van der Waals surface area contributed by atoms with Crippen LogP contribution < -0.4 is 5.73 Å². The Morgan fingerprint density at radius 2 is 2.00 bits per heavy atom. The van der Waals surface area contributed by atoms with E-state index in [0.29, 0.717) is 60.3 Å². The molecule has 11 heteroatoms. The van der Waals surface area contributed by atoms with Crippen molar-refractivity contribution in [3.05, 3.63) is 70.2 Å². The quantitative estimate of drug-likeness (QED) is 0.294. The Hall–Kier alpha value is -3.73. The summed E-state index contributed by atoms with van der Waals surface area (Å²) in [6.07, 6.45) is 2.94. The van der Waals surface area contributed by atoms with Gasteiger partial charge in [-0.3, -0.25) is 14.5 Å². The molecule has 204 valence electrons. The summed E-state index contributed by atoms with van der Waals surface area (Å²) in [6.45, 7) is 6.99. The second-order valence-electron chi connectivity index (χ2n) is 9.26. The number of nitrogens with zero attached hydrogens (tertiary/aromatic N) is 6. The average Bonchev–Trinajstić information content (AvgIpc) is 3.48. The summed E-state index contributed by atoms with van der Waals surface area (Å²) in [7, 11) is 3.55. The molecular weight excluding hydrogens is 495 g/mol. The van der Waals surface area contributed by atoms with Crippen molar-refractivity contribution in [2.45, 2.75) is 46.5 Å². The van der Waals surface area contributed by atoms with E-state index < -0.39 is 11.9 Å². The predicted molar refractivity (Wildman–Crippen MR) is 142 cm³/mol. The molecule has 0 spiro atoms. The third kappa shape index (κ3) is 6.77. The molecule has 0 bridgehead atoms. The number of rotatable bonds is 11. The fraction of sp³-hybridized carbons (Fsp3) is 0.407. The molecule has 38 heavy (non-hydrogen) atoms. The van der Waals surface area contributed by atoms with Crippen LogP contribution in [0.15, 0.2) is 47.0 Å². The normalized spacial score (nSPS) is 13.0. The van der Waals surface area contributed by atoms with E-state index in [1.807, 2.05) is 23.4 Å². The Labute approximate surface area is 220 Å².